The lowest BCUT2D eigenvalue weighted by Crippen LogP contribution is -1.92. The first kappa shape index (κ1) is 9.23. The second-order valence-electron chi connectivity index (χ2n) is 2.31. The maximum Gasteiger partial charge on any atom is 0.142 e. The molecule has 0 saturated carbocycles. The third-order valence-corrected chi connectivity index (χ3v) is 1.70. The Morgan fingerprint density at radius 2 is 2.25 bits per heavy atom. The molecule has 0 spiro atoms. The molecular weight excluding hydrogens is 177 g/mol. The van der Waals surface area contributed by atoms with Crippen molar-refractivity contribution >= 4 is 17.7 Å². The van der Waals surface area contributed by atoms with Crippen LogP contribution in [0.5, 0.6) is 0 Å². The van der Waals surface area contributed by atoms with Crippen molar-refractivity contribution in [1.29, 1.82) is 0 Å². The van der Waals surface area contributed by atoms with Gasteiger partial charge in [-0.1, -0.05) is 29.8 Å². The Bertz CT molecular complexity index is 297. The van der Waals surface area contributed by atoms with Crippen molar-refractivity contribution < 1.29 is 4.39 Å². The van der Waals surface area contributed by atoms with Crippen LogP contribution in [0.2, 0.25) is 5.02 Å². The van der Waals surface area contributed by atoms with Crippen LogP contribution >= 0.6 is 11.6 Å². The molecule has 2 N–H and O–H groups in total. The lowest BCUT2D eigenvalue weighted by atomic mass is 10.2. The molecule has 0 radical (unpaired) electrons. The maximum atomic E-state index is 12.8. The molecule has 0 aromatic heterocycles. The third-order valence-electron chi connectivity index (χ3n) is 1.39. The van der Waals surface area contributed by atoms with E-state index >= 15 is 0 Å². The zero-order chi connectivity index (χ0) is 8.97. The van der Waals surface area contributed by atoms with E-state index in [1.807, 2.05) is 0 Å². The highest BCUT2D eigenvalue weighted by Gasteiger charge is 1.97. The SMILES string of the molecule is NCC=Cc1ccc(Cl)c(F)c1. The fourth-order valence-corrected chi connectivity index (χ4v) is 0.938. The molecule has 0 amide bonds. The lowest BCUT2D eigenvalue weighted by molar-refractivity contribution is 0.628. The fourth-order valence-electron chi connectivity index (χ4n) is 0.820. The molecule has 0 aliphatic carbocycles. The first-order valence-electron chi connectivity index (χ1n) is 3.55. The standard InChI is InChI=1S/C9H9ClFN/c10-8-4-3-7(2-1-5-12)6-9(8)11/h1-4,6H,5,12H2. The summed E-state index contributed by atoms with van der Waals surface area (Å²) in [6.07, 6.45) is 3.50. The van der Waals surface area contributed by atoms with Gasteiger partial charge in [0.05, 0.1) is 5.02 Å². The van der Waals surface area contributed by atoms with Gasteiger partial charge in [-0.2, -0.15) is 0 Å². The van der Waals surface area contributed by atoms with E-state index in [0.29, 0.717) is 6.54 Å². The Hall–Kier alpha value is -0.860. The minimum Gasteiger partial charge on any atom is -0.327 e. The second kappa shape index (κ2) is 4.24. The van der Waals surface area contributed by atoms with Gasteiger partial charge in [0.2, 0.25) is 0 Å². The number of nitrogens with two attached hydrogens (primary N) is 1. The highest BCUT2D eigenvalue weighted by atomic mass is 35.5. The normalized spacial score (nSPS) is 10.9. The Morgan fingerprint density at radius 3 is 2.83 bits per heavy atom. The summed E-state index contributed by atoms with van der Waals surface area (Å²) >= 11 is 5.49. The summed E-state index contributed by atoms with van der Waals surface area (Å²) < 4.78 is 12.8. The molecule has 0 saturated heterocycles. The van der Waals surface area contributed by atoms with E-state index in [9.17, 15) is 4.39 Å². The van der Waals surface area contributed by atoms with Crippen LogP contribution in [-0.2, 0) is 0 Å². The molecule has 64 valence electrons. The summed E-state index contributed by atoms with van der Waals surface area (Å²) in [5.41, 5.74) is 6.00. The monoisotopic (exact) mass is 185 g/mol. The Kier molecular flexibility index (Phi) is 3.26. The zero-order valence-electron chi connectivity index (χ0n) is 6.43. The summed E-state index contributed by atoms with van der Waals surface area (Å²) in [5.74, 6) is -0.407. The van der Waals surface area contributed by atoms with Crippen molar-refractivity contribution in [2.75, 3.05) is 6.54 Å². The topological polar surface area (TPSA) is 26.0 Å². The summed E-state index contributed by atoms with van der Waals surface area (Å²) in [6, 6.07) is 4.62. The number of hydrogen-bond donors (Lipinski definition) is 1. The van der Waals surface area contributed by atoms with Crippen LogP contribution in [-0.4, -0.2) is 6.54 Å². The van der Waals surface area contributed by atoms with Crippen molar-refractivity contribution in [3.8, 4) is 0 Å². The van der Waals surface area contributed by atoms with E-state index in [-0.39, 0.29) is 5.02 Å². The number of hydrogen-bond acceptors (Lipinski definition) is 1. The largest absolute Gasteiger partial charge is 0.327 e. The molecule has 0 bridgehead atoms. The summed E-state index contributed by atoms with van der Waals surface area (Å²) in [7, 11) is 0. The first-order chi connectivity index (χ1) is 5.74. The van der Waals surface area contributed by atoms with Crippen LogP contribution in [0.4, 0.5) is 4.39 Å². The van der Waals surface area contributed by atoms with Gasteiger partial charge in [-0.3, -0.25) is 0 Å². The minimum atomic E-state index is -0.407. The molecule has 1 aromatic rings. The summed E-state index contributed by atoms with van der Waals surface area (Å²) in [6.45, 7) is 0.449. The molecule has 0 fully saturated rings. The summed E-state index contributed by atoms with van der Waals surface area (Å²) in [5, 5.41) is 0.139. The van der Waals surface area contributed by atoms with Gasteiger partial charge in [0, 0.05) is 6.54 Å². The van der Waals surface area contributed by atoms with Crippen molar-refractivity contribution in [3.63, 3.8) is 0 Å². The molecule has 1 nitrogen and oxygen atoms in total. The first-order valence-corrected chi connectivity index (χ1v) is 3.93. The minimum absolute atomic E-state index is 0.139. The van der Waals surface area contributed by atoms with E-state index in [2.05, 4.69) is 0 Å². The van der Waals surface area contributed by atoms with Gasteiger partial charge in [-0.15, -0.1) is 0 Å². The number of halogens is 2. The molecule has 0 aliphatic rings. The third kappa shape index (κ3) is 2.32. The molecule has 1 aromatic carbocycles. The van der Waals surface area contributed by atoms with Crippen LogP contribution in [0, 0.1) is 5.82 Å². The van der Waals surface area contributed by atoms with E-state index in [0.717, 1.165) is 5.56 Å². The second-order valence-corrected chi connectivity index (χ2v) is 2.72. The van der Waals surface area contributed by atoms with E-state index in [1.54, 1.807) is 18.2 Å². The molecule has 3 heteroatoms. The van der Waals surface area contributed by atoms with E-state index in [4.69, 9.17) is 17.3 Å². The van der Waals surface area contributed by atoms with Crippen LogP contribution in [0.15, 0.2) is 24.3 Å². The van der Waals surface area contributed by atoms with E-state index < -0.39 is 5.82 Å². The van der Waals surface area contributed by atoms with Gasteiger partial charge in [-0.05, 0) is 17.7 Å². The Balaban J connectivity index is 2.89. The Morgan fingerprint density at radius 1 is 1.50 bits per heavy atom. The maximum absolute atomic E-state index is 12.8. The number of rotatable bonds is 2. The van der Waals surface area contributed by atoms with Crippen molar-refractivity contribution in [2.24, 2.45) is 5.73 Å². The van der Waals surface area contributed by atoms with Crippen molar-refractivity contribution in [1.82, 2.24) is 0 Å². The van der Waals surface area contributed by atoms with Crippen LogP contribution in [0.3, 0.4) is 0 Å². The predicted octanol–water partition coefficient (Wildman–Crippen LogP) is 2.45. The van der Waals surface area contributed by atoms with Gasteiger partial charge in [-0.25, -0.2) is 4.39 Å². The lowest BCUT2D eigenvalue weighted by Gasteiger charge is -1.95. The average molecular weight is 186 g/mol. The summed E-state index contributed by atoms with van der Waals surface area (Å²) in [4.78, 5) is 0. The highest BCUT2D eigenvalue weighted by Crippen LogP contribution is 2.16. The van der Waals surface area contributed by atoms with Crippen LogP contribution < -0.4 is 5.73 Å². The van der Waals surface area contributed by atoms with Gasteiger partial charge in [0.25, 0.3) is 0 Å². The van der Waals surface area contributed by atoms with Gasteiger partial charge in [0.1, 0.15) is 5.82 Å². The molecule has 0 unspecified atom stereocenters. The fraction of sp³-hybridized carbons (Fsp3) is 0.111. The van der Waals surface area contributed by atoms with Crippen molar-refractivity contribution in [3.05, 3.63) is 40.7 Å². The molecule has 0 atom stereocenters. The van der Waals surface area contributed by atoms with Crippen LogP contribution in [0.1, 0.15) is 5.56 Å². The molecule has 0 heterocycles. The van der Waals surface area contributed by atoms with Gasteiger partial charge in [0.15, 0.2) is 0 Å². The predicted molar refractivity (Wildman–Crippen MR) is 49.5 cm³/mol. The zero-order valence-corrected chi connectivity index (χ0v) is 7.18. The number of benzene rings is 1. The molecule has 1 rings (SSSR count). The quantitative estimate of drug-likeness (QED) is 0.753. The van der Waals surface area contributed by atoms with Gasteiger partial charge < -0.3 is 5.73 Å². The van der Waals surface area contributed by atoms with E-state index in [1.165, 1.54) is 12.1 Å². The smallest absolute Gasteiger partial charge is 0.142 e. The highest BCUT2D eigenvalue weighted by molar-refractivity contribution is 6.30. The Labute approximate surface area is 75.6 Å². The molecule has 12 heavy (non-hydrogen) atoms. The molecular formula is C9H9ClFN. The molecule has 0 aliphatic heterocycles. The van der Waals surface area contributed by atoms with Crippen molar-refractivity contribution in [2.45, 2.75) is 0 Å². The average Bonchev–Trinajstić information content (AvgIpc) is 2.07. The van der Waals surface area contributed by atoms with Gasteiger partial charge >= 0.3 is 0 Å². The van der Waals surface area contributed by atoms with Crippen LogP contribution in [0.25, 0.3) is 6.08 Å².